The molecule has 1 aromatic carbocycles. The van der Waals surface area contributed by atoms with Crippen molar-refractivity contribution in [3.8, 4) is 0 Å². The van der Waals surface area contributed by atoms with Crippen molar-refractivity contribution < 1.29 is 14.3 Å². The van der Waals surface area contributed by atoms with Crippen LogP contribution in [0.3, 0.4) is 0 Å². The predicted octanol–water partition coefficient (Wildman–Crippen LogP) is 8.87. The minimum atomic E-state index is 0.0356. The third-order valence-corrected chi connectivity index (χ3v) is 13.7. The Morgan fingerprint density at radius 2 is 1.81 bits per heavy atom. The number of H-pyrrole nitrogens is 1. The molecule has 1 saturated heterocycles. The highest BCUT2D eigenvalue weighted by Crippen LogP contribution is 2.70. The summed E-state index contributed by atoms with van der Waals surface area (Å²) in [5.41, 5.74) is 2.92. The van der Waals surface area contributed by atoms with Crippen molar-refractivity contribution in [1.29, 1.82) is 0 Å². The highest BCUT2D eigenvalue weighted by molar-refractivity contribution is 5.95. The summed E-state index contributed by atoms with van der Waals surface area (Å²) in [6, 6.07) is 14.5. The largest absolute Gasteiger partial charge is 0.374 e. The molecule has 4 saturated carbocycles. The number of hydrogen-bond donors (Lipinski definition) is 1. The number of aromatic nitrogens is 1. The molecule has 42 heavy (non-hydrogen) atoms. The van der Waals surface area contributed by atoms with E-state index in [1.807, 2.05) is 18.3 Å². The van der Waals surface area contributed by atoms with Crippen molar-refractivity contribution in [2.24, 2.45) is 52.3 Å². The minimum Gasteiger partial charge on any atom is -0.374 e. The van der Waals surface area contributed by atoms with E-state index in [2.05, 4.69) is 63.0 Å². The summed E-state index contributed by atoms with van der Waals surface area (Å²) >= 11 is 0. The van der Waals surface area contributed by atoms with Crippen molar-refractivity contribution >= 4 is 5.78 Å². The zero-order valence-electron chi connectivity index (χ0n) is 26.4. The van der Waals surface area contributed by atoms with Gasteiger partial charge in [0.1, 0.15) is 0 Å². The standard InChI is InChI=1S/C38H53NO3/c1-24(36(40)32-11-8-20-39-32)12-15-33-25(2)35-34(42-33)22-31-29-14-13-27-21-28(41-23-26-9-6-5-7-10-26)16-18-37(27,3)30(29)17-19-38(31,35)4/h5-11,20,24-25,27-31,33-35,39H,12-19,21-23H2,1-4H3/t24-,25+,27+,28-,29+,30-,31-,33+,34-,35-,37-,38-/m0/s1. The van der Waals surface area contributed by atoms with Gasteiger partial charge in [0.05, 0.1) is 30.6 Å². The Kier molecular flexibility index (Phi) is 7.71. The van der Waals surface area contributed by atoms with Crippen molar-refractivity contribution in [2.45, 2.75) is 117 Å². The van der Waals surface area contributed by atoms with Gasteiger partial charge in [0, 0.05) is 12.1 Å². The van der Waals surface area contributed by atoms with E-state index in [-0.39, 0.29) is 11.7 Å². The summed E-state index contributed by atoms with van der Waals surface area (Å²) < 4.78 is 13.4. The van der Waals surface area contributed by atoms with Gasteiger partial charge in [0.15, 0.2) is 5.78 Å². The summed E-state index contributed by atoms with van der Waals surface area (Å²) in [6.45, 7) is 10.6. The Hall–Kier alpha value is -1.91. The maximum absolute atomic E-state index is 12.8. The first kappa shape index (κ1) is 28.8. The Morgan fingerprint density at radius 1 is 1.00 bits per heavy atom. The van der Waals surface area contributed by atoms with Gasteiger partial charge in [-0.3, -0.25) is 4.79 Å². The Morgan fingerprint density at radius 3 is 2.60 bits per heavy atom. The first-order valence-electron chi connectivity index (χ1n) is 17.3. The van der Waals surface area contributed by atoms with Crippen LogP contribution in [0.5, 0.6) is 0 Å². The van der Waals surface area contributed by atoms with E-state index < -0.39 is 0 Å². The molecule has 0 unspecified atom stereocenters. The van der Waals surface area contributed by atoms with Crippen molar-refractivity contribution in [2.75, 3.05) is 0 Å². The van der Waals surface area contributed by atoms with Crippen LogP contribution in [0.1, 0.15) is 108 Å². The monoisotopic (exact) mass is 571 g/mol. The summed E-state index contributed by atoms with van der Waals surface area (Å²) in [5, 5.41) is 0. The van der Waals surface area contributed by atoms with Gasteiger partial charge in [-0.2, -0.15) is 0 Å². The van der Waals surface area contributed by atoms with Gasteiger partial charge in [0.25, 0.3) is 0 Å². The first-order chi connectivity index (χ1) is 20.3. The molecule has 12 atom stereocenters. The number of carbonyl (C=O) groups excluding carboxylic acids is 1. The van der Waals surface area contributed by atoms with Gasteiger partial charge >= 0.3 is 0 Å². The zero-order chi connectivity index (χ0) is 29.1. The van der Waals surface area contributed by atoms with Crippen LogP contribution in [0.15, 0.2) is 48.7 Å². The molecule has 7 rings (SSSR count). The molecular formula is C38H53NO3. The third-order valence-electron chi connectivity index (χ3n) is 13.7. The Bertz CT molecular complexity index is 1230. The van der Waals surface area contributed by atoms with Crippen molar-refractivity contribution in [1.82, 2.24) is 4.98 Å². The van der Waals surface area contributed by atoms with E-state index >= 15 is 0 Å². The van der Waals surface area contributed by atoms with Gasteiger partial charge in [0.2, 0.25) is 0 Å². The normalized spacial score (nSPS) is 43.2. The number of ether oxygens (including phenoxy) is 2. The Labute approximate surface area is 253 Å². The van der Waals surface area contributed by atoms with E-state index in [9.17, 15) is 4.79 Å². The molecule has 0 radical (unpaired) electrons. The van der Waals surface area contributed by atoms with Crippen LogP contribution in [-0.4, -0.2) is 29.1 Å². The number of aromatic amines is 1. The van der Waals surface area contributed by atoms with Crippen LogP contribution < -0.4 is 0 Å². The molecule has 5 aliphatic rings. The molecule has 5 fully saturated rings. The molecule has 4 aliphatic carbocycles. The fraction of sp³-hybridized carbons (Fsp3) is 0.711. The second kappa shape index (κ2) is 11.2. The SMILES string of the molecule is C[C@H]1[C@H]2[C@H](C[C@H]3[C@@H]4CC[C@@H]5C[C@@H](OCc6ccccc6)CC[C@]5(C)[C@H]4CC[C@]23C)O[C@@H]1CC[C@H](C)C(=O)c1ccc[nH]1. The van der Waals surface area contributed by atoms with E-state index in [0.29, 0.717) is 41.0 Å². The highest BCUT2D eigenvalue weighted by Gasteiger charge is 2.65. The summed E-state index contributed by atoms with van der Waals surface area (Å²) in [4.78, 5) is 15.9. The molecule has 1 aliphatic heterocycles. The molecular weight excluding hydrogens is 518 g/mol. The number of hydrogen-bond acceptors (Lipinski definition) is 3. The van der Waals surface area contributed by atoms with Crippen LogP contribution in [-0.2, 0) is 16.1 Å². The zero-order valence-corrected chi connectivity index (χ0v) is 26.4. The van der Waals surface area contributed by atoms with Gasteiger partial charge in [-0.05, 0) is 128 Å². The lowest BCUT2D eigenvalue weighted by Gasteiger charge is -2.61. The lowest BCUT2D eigenvalue weighted by Crippen LogP contribution is -2.54. The predicted molar refractivity (Wildman–Crippen MR) is 167 cm³/mol. The molecule has 2 aromatic rings. The average Bonchev–Trinajstić information content (AvgIpc) is 3.71. The molecule has 0 spiro atoms. The highest BCUT2D eigenvalue weighted by atomic mass is 16.5. The van der Waals surface area contributed by atoms with Crippen molar-refractivity contribution in [3.05, 3.63) is 59.9 Å². The summed E-state index contributed by atoms with van der Waals surface area (Å²) in [6.07, 6.45) is 15.6. The molecule has 228 valence electrons. The number of ketones is 1. The number of Topliss-reactive ketones (excluding diaryl/α,β-unsaturated/α-hetero) is 1. The van der Waals surface area contributed by atoms with Gasteiger partial charge in [-0.25, -0.2) is 0 Å². The lowest BCUT2D eigenvalue weighted by molar-refractivity contribution is -0.139. The van der Waals surface area contributed by atoms with Gasteiger partial charge in [-0.15, -0.1) is 0 Å². The van der Waals surface area contributed by atoms with Crippen LogP contribution in [0, 0.1) is 52.3 Å². The molecule has 4 heteroatoms. The molecule has 0 bridgehead atoms. The number of carbonyl (C=O) groups is 1. The summed E-state index contributed by atoms with van der Waals surface area (Å²) in [7, 11) is 0. The molecule has 1 N–H and O–H groups in total. The van der Waals surface area contributed by atoms with Crippen LogP contribution in [0.25, 0.3) is 0 Å². The van der Waals surface area contributed by atoms with Crippen LogP contribution >= 0.6 is 0 Å². The fourth-order valence-corrected chi connectivity index (χ4v) is 11.5. The quantitative estimate of drug-likeness (QED) is 0.322. The molecule has 0 amide bonds. The van der Waals surface area contributed by atoms with Crippen LogP contribution in [0.2, 0.25) is 0 Å². The topological polar surface area (TPSA) is 51.3 Å². The second-order valence-corrected chi connectivity index (χ2v) is 15.7. The maximum atomic E-state index is 12.8. The maximum Gasteiger partial charge on any atom is 0.181 e. The number of nitrogens with one attached hydrogen (secondary N) is 1. The number of benzene rings is 1. The van der Waals surface area contributed by atoms with E-state index in [1.54, 1.807) is 0 Å². The van der Waals surface area contributed by atoms with E-state index in [4.69, 9.17) is 9.47 Å². The minimum absolute atomic E-state index is 0.0356. The molecule has 4 nitrogen and oxygen atoms in total. The van der Waals surface area contributed by atoms with Gasteiger partial charge in [-0.1, -0.05) is 58.0 Å². The summed E-state index contributed by atoms with van der Waals surface area (Å²) in [5.74, 6) is 4.89. The Balaban J connectivity index is 0.972. The third kappa shape index (κ3) is 4.84. The fourth-order valence-electron chi connectivity index (χ4n) is 11.5. The lowest BCUT2D eigenvalue weighted by atomic mass is 9.44. The van der Waals surface area contributed by atoms with Crippen molar-refractivity contribution in [3.63, 3.8) is 0 Å². The average molecular weight is 572 g/mol. The van der Waals surface area contributed by atoms with E-state index in [0.717, 1.165) is 48.8 Å². The van der Waals surface area contributed by atoms with Crippen LogP contribution in [0.4, 0.5) is 0 Å². The number of rotatable bonds is 8. The smallest absolute Gasteiger partial charge is 0.181 e. The molecule has 1 aromatic heterocycles. The molecule has 2 heterocycles. The number of fused-ring (bicyclic) bond motifs is 7. The second-order valence-electron chi connectivity index (χ2n) is 15.7. The van der Waals surface area contributed by atoms with Gasteiger partial charge < -0.3 is 14.5 Å². The first-order valence-corrected chi connectivity index (χ1v) is 17.3. The van der Waals surface area contributed by atoms with E-state index in [1.165, 1.54) is 56.9 Å².